The highest BCUT2D eigenvalue weighted by Gasteiger charge is 2.29. The Morgan fingerprint density at radius 3 is 2.30 bits per heavy atom. The Kier molecular flexibility index (Phi) is 15.0. The number of benzene rings is 1. The molecule has 1 aromatic rings. The van der Waals surface area contributed by atoms with Gasteiger partial charge >= 0.3 is 6.03 Å². The third-order valence-electron chi connectivity index (χ3n) is 7.16. The van der Waals surface area contributed by atoms with Crippen LogP contribution in [0.4, 0.5) is 10.5 Å². The van der Waals surface area contributed by atoms with Gasteiger partial charge in [0.15, 0.2) is 5.78 Å². The van der Waals surface area contributed by atoms with Gasteiger partial charge in [-0.2, -0.15) is 0 Å². The predicted molar refractivity (Wildman–Crippen MR) is 163 cm³/mol. The number of rotatable bonds is 20. The summed E-state index contributed by atoms with van der Waals surface area (Å²) in [4.78, 5) is 73.6. The molecule has 6 amide bonds. The summed E-state index contributed by atoms with van der Waals surface area (Å²) in [6, 6.07) is 3.47. The van der Waals surface area contributed by atoms with Gasteiger partial charge in [0.2, 0.25) is 11.8 Å². The monoisotopic (exact) mass is 615 g/mol. The first-order valence-electron chi connectivity index (χ1n) is 15.0. The Labute approximate surface area is 257 Å². The van der Waals surface area contributed by atoms with Gasteiger partial charge in [0.25, 0.3) is 11.8 Å². The quantitative estimate of drug-likeness (QED) is 0.109. The molecule has 2 rings (SSSR count). The van der Waals surface area contributed by atoms with Crippen LogP contribution in [0.2, 0.25) is 0 Å². The lowest BCUT2D eigenvalue weighted by Crippen LogP contribution is -2.44. The number of Topliss-reactive ketones (excluding diaryl/α,β-unsaturated/α-hetero) is 1. The maximum atomic E-state index is 13.4. The zero-order chi connectivity index (χ0) is 32.6. The highest BCUT2D eigenvalue weighted by Crippen LogP contribution is 2.26. The van der Waals surface area contributed by atoms with E-state index in [2.05, 4.69) is 16.0 Å². The molecule has 0 radical (unpaired) electrons. The first-order valence-corrected chi connectivity index (χ1v) is 15.0. The lowest BCUT2D eigenvalue weighted by Gasteiger charge is -2.23. The van der Waals surface area contributed by atoms with Crippen molar-refractivity contribution in [3.8, 4) is 5.75 Å². The van der Waals surface area contributed by atoms with Gasteiger partial charge in [0.1, 0.15) is 5.75 Å². The van der Waals surface area contributed by atoms with Gasteiger partial charge in [-0.15, -0.1) is 0 Å². The number of carbonyl (C=O) groups is 6. The number of ketones is 1. The fourth-order valence-electron chi connectivity index (χ4n) is 4.79. The number of carbonyl (C=O) groups excluding carboxylic acids is 6. The molecule has 0 aliphatic carbocycles. The predicted octanol–water partition coefficient (Wildman–Crippen LogP) is 2.17. The minimum atomic E-state index is -0.740. The fraction of sp³-hybridized carbons (Fsp3) is 0.548. The van der Waals surface area contributed by atoms with E-state index in [1.807, 2.05) is 13.8 Å². The molecule has 0 bridgehead atoms. The second-order valence-corrected chi connectivity index (χ2v) is 11.1. The summed E-state index contributed by atoms with van der Waals surface area (Å²) >= 11 is 0. The maximum absolute atomic E-state index is 13.4. The number of hydrogen-bond donors (Lipinski definition) is 5. The van der Waals surface area contributed by atoms with Gasteiger partial charge in [-0.25, -0.2) is 4.79 Å². The van der Waals surface area contributed by atoms with Crippen LogP contribution in [0.1, 0.15) is 71.3 Å². The molecule has 242 valence electrons. The molecule has 6 N–H and O–H groups in total. The van der Waals surface area contributed by atoms with Gasteiger partial charge < -0.3 is 31.5 Å². The van der Waals surface area contributed by atoms with Crippen molar-refractivity contribution in [1.82, 2.24) is 15.5 Å². The molecule has 13 nitrogen and oxygen atoms in total. The zero-order valence-electron chi connectivity index (χ0n) is 25.7. The molecule has 1 aliphatic rings. The summed E-state index contributed by atoms with van der Waals surface area (Å²) in [5.41, 5.74) is 6.09. The lowest BCUT2D eigenvalue weighted by atomic mass is 9.89. The molecule has 1 aromatic carbocycles. The van der Waals surface area contributed by atoms with E-state index in [0.29, 0.717) is 49.4 Å². The number of aliphatic hydroxyl groups is 1. The second kappa shape index (κ2) is 18.4. The van der Waals surface area contributed by atoms with Crippen LogP contribution in [-0.2, 0) is 30.6 Å². The molecule has 1 aliphatic heterocycles. The van der Waals surface area contributed by atoms with Gasteiger partial charge in [-0.1, -0.05) is 32.8 Å². The molecule has 0 aromatic heterocycles. The zero-order valence-corrected chi connectivity index (χ0v) is 25.7. The van der Waals surface area contributed by atoms with Crippen LogP contribution in [-0.4, -0.2) is 71.2 Å². The molecular weight excluding hydrogens is 570 g/mol. The van der Waals surface area contributed by atoms with Gasteiger partial charge in [-0.3, -0.25) is 28.9 Å². The average Bonchev–Trinajstić information content (AvgIpc) is 3.28. The number of nitrogens with zero attached hydrogens (tertiary/aromatic N) is 1. The second-order valence-electron chi connectivity index (χ2n) is 11.1. The van der Waals surface area contributed by atoms with Crippen molar-refractivity contribution in [3.05, 3.63) is 35.9 Å². The van der Waals surface area contributed by atoms with Crippen LogP contribution in [0.15, 0.2) is 30.4 Å². The highest BCUT2D eigenvalue weighted by atomic mass is 16.5. The Bertz CT molecular complexity index is 1200. The minimum Gasteiger partial charge on any atom is -0.493 e. The summed E-state index contributed by atoms with van der Waals surface area (Å²) in [6.07, 6.45) is 6.13. The third-order valence-corrected chi connectivity index (χ3v) is 7.16. The standard InChI is InChI=1S/C31H45N5O8/c1-20(2)29(34-21(3)38)25(39)17-22(9-8-14-33-31(32)43)30(42)35-24-11-10-23(19-37)26(18-24)44-16-7-5-4-6-15-36-27(40)12-13-28(36)41/h10-13,18,20,22,29,37H,4-9,14-17,19H2,1-3H3,(H,34,38)(H,35,42)(H3,32,33,43)/t22-,29+/m1/s1. The van der Waals surface area contributed by atoms with Crippen LogP contribution < -0.4 is 26.4 Å². The van der Waals surface area contributed by atoms with Crippen LogP contribution in [0.5, 0.6) is 5.75 Å². The van der Waals surface area contributed by atoms with E-state index in [1.54, 1.807) is 18.2 Å². The average molecular weight is 616 g/mol. The van der Waals surface area contributed by atoms with E-state index in [1.165, 1.54) is 24.0 Å². The Hall–Kier alpha value is -4.26. The number of nitrogens with two attached hydrogens (primary N) is 1. The van der Waals surface area contributed by atoms with E-state index in [-0.39, 0.29) is 55.4 Å². The van der Waals surface area contributed by atoms with Crippen molar-refractivity contribution < 1.29 is 38.6 Å². The molecule has 1 heterocycles. The number of imide groups is 1. The van der Waals surface area contributed by atoms with Crippen LogP contribution in [0.3, 0.4) is 0 Å². The Morgan fingerprint density at radius 2 is 1.68 bits per heavy atom. The number of primary amides is 1. The molecule has 0 fully saturated rings. The van der Waals surface area contributed by atoms with E-state index < -0.39 is 23.9 Å². The van der Waals surface area contributed by atoms with Gasteiger partial charge in [0, 0.05) is 61.8 Å². The summed E-state index contributed by atoms with van der Waals surface area (Å²) in [6.45, 7) is 5.66. The smallest absolute Gasteiger partial charge is 0.312 e. The van der Waals surface area contributed by atoms with E-state index in [0.717, 1.165) is 12.8 Å². The number of amides is 6. The first kappa shape index (κ1) is 35.9. The van der Waals surface area contributed by atoms with Crippen LogP contribution >= 0.6 is 0 Å². The number of urea groups is 1. The number of anilines is 1. The third kappa shape index (κ3) is 12.2. The molecule has 0 saturated carbocycles. The highest BCUT2D eigenvalue weighted by molar-refractivity contribution is 6.12. The number of unbranched alkanes of at least 4 members (excludes halogenated alkanes) is 3. The van der Waals surface area contributed by atoms with Gasteiger partial charge in [-0.05, 0) is 37.7 Å². The molecule has 2 atom stereocenters. The summed E-state index contributed by atoms with van der Waals surface area (Å²) in [5.74, 6) is -2.09. The molecule has 13 heteroatoms. The van der Waals surface area contributed by atoms with Crippen molar-refractivity contribution in [3.63, 3.8) is 0 Å². The van der Waals surface area contributed by atoms with Crippen molar-refractivity contribution in [2.45, 2.75) is 78.4 Å². The summed E-state index contributed by atoms with van der Waals surface area (Å²) < 4.78 is 5.90. The van der Waals surface area contributed by atoms with Crippen LogP contribution in [0.25, 0.3) is 0 Å². The minimum absolute atomic E-state index is 0.111. The molecule has 44 heavy (non-hydrogen) atoms. The lowest BCUT2D eigenvalue weighted by molar-refractivity contribution is -0.137. The Morgan fingerprint density at radius 1 is 1.00 bits per heavy atom. The first-order chi connectivity index (χ1) is 20.9. The molecule has 0 spiro atoms. The van der Waals surface area contributed by atoms with E-state index in [9.17, 15) is 33.9 Å². The topological polar surface area (TPSA) is 197 Å². The van der Waals surface area contributed by atoms with Crippen molar-refractivity contribution in [2.24, 2.45) is 17.6 Å². The summed E-state index contributed by atoms with van der Waals surface area (Å²) in [5, 5.41) is 17.7. The van der Waals surface area contributed by atoms with Crippen molar-refractivity contribution in [1.29, 1.82) is 0 Å². The normalized spacial score (nSPS) is 14.0. The van der Waals surface area contributed by atoms with E-state index in [4.69, 9.17) is 10.5 Å². The van der Waals surface area contributed by atoms with Crippen molar-refractivity contribution in [2.75, 3.05) is 25.0 Å². The van der Waals surface area contributed by atoms with Crippen LogP contribution in [0, 0.1) is 11.8 Å². The molecule has 0 saturated heterocycles. The fourth-order valence-corrected chi connectivity index (χ4v) is 4.79. The number of nitrogens with one attached hydrogen (secondary N) is 3. The molecular formula is C31H45N5O8. The summed E-state index contributed by atoms with van der Waals surface area (Å²) in [7, 11) is 0. The SMILES string of the molecule is CC(=O)N[C@H](C(=O)C[C@@H](CCCNC(N)=O)C(=O)Nc1ccc(CO)c(OCCCCCCN2C(=O)C=CC2=O)c1)C(C)C. The Balaban J connectivity index is 1.98. The van der Waals surface area contributed by atoms with Crippen molar-refractivity contribution >= 4 is 41.1 Å². The maximum Gasteiger partial charge on any atom is 0.312 e. The number of hydrogen-bond acceptors (Lipinski definition) is 8. The number of aliphatic hydroxyl groups excluding tert-OH is 1. The number of ether oxygens (including phenoxy) is 1. The molecule has 0 unspecified atom stereocenters. The largest absolute Gasteiger partial charge is 0.493 e. The van der Waals surface area contributed by atoms with Gasteiger partial charge in [0.05, 0.1) is 19.3 Å². The van der Waals surface area contributed by atoms with E-state index >= 15 is 0 Å².